The number of carbonyl (C=O) groups is 1. The van der Waals surface area contributed by atoms with E-state index in [0.717, 1.165) is 42.8 Å². The van der Waals surface area contributed by atoms with Crippen molar-refractivity contribution in [1.29, 1.82) is 0 Å². The molecule has 0 saturated carbocycles. The van der Waals surface area contributed by atoms with Crippen LogP contribution in [0.3, 0.4) is 0 Å². The van der Waals surface area contributed by atoms with Gasteiger partial charge < -0.3 is 14.8 Å². The number of nitrogens with one attached hydrogen (secondary N) is 1. The van der Waals surface area contributed by atoms with Gasteiger partial charge in [-0.15, -0.1) is 0 Å². The zero-order chi connectivity index (χ0) is 20.2. The van der Waals surface area contributed by atoms with E-state index in [4.69, 9.17) is 9.47 Å². The minimum Gasteiger partial charge on any atom is -0.494 e. The molecular weight excluding hydrogens is 371 g/mol. The van der Waals surface area contributed by atoms with Crippen molar-refractivity contribution >= 4 is 12.0 Å². The standard InChI is InChI=1S/C23H25FN2O3/c1-28-22-7-6-16(12-20(22)24)14-26-10-8-19(9-11-26)25-23(27)18-13-17-4-2-3-5-21(17)29-15-18/h2-7,12-13,19H,8-11,14-15H2,1H3,(H,25,27). The Kier molecular flexibility index (Phi) is 5.81. The SMILES string of the molecule is COc1ccc(CN2CCC(NC(=O)C3=Cc4ccccc4OC3)CC2)cc1F. The number of hydrogen-bond acceptors (Lipinski definition) is 4. The minimum atomic E-state index is -0.336. The Morgan fingerprint density at radius 1 is 1.24 bits per heavy atom. The van der Waals surface area contributed by atoms with Crippen LogP contribution in [0.4, 0.5) is 4.39 Å². The van der Waals surface area contributed by atoms with Gasteiger partial charge in [-0.05, 0) is 42.7 Å². The Labute approximate surface area is 170 Å². The Morgan fingerprint density at radius 2 is 2.03 bits per heavy atom. The molecule has 29 heavy (non-hydrogen) atoms. The van der Waals surface area contributed by atoms with Gasteiger partial charge in [0.2, 0.25) is 0 Å². The Balaban J connectivity index is 1.28. The number of hydrogen-bond donors (Lipinski definition) is 1. The number of ether oxygens (including phenoxy) is 2. The first kappa shape index (κ1) is 19.5. The third kappa shape index (κ3) is 4.59. The van der Waals surface area contributed by atoms with Crippen molar-refractivity contribution in [3.8, 4) is 11.5 Å². The van der Waals surface area contributed by atoms with Gasteiger partial charge in [0.1, 0.15) is 12.4 Å². The predicted molar refractivity (Wildman–Crippen MR) is 109 cm³/mol. The minimum absolute atomic E-state index is 0.0600. The van der Waals surface area contributed by atoms with Crippen LogP contribution in [0.5, 0.6) is 11.5 Å². The van der Waals surface area contributed by atoms with Crippen LogP contribution in [0.2, 0.25) is 0 Å². The smallest absolute Gasteiger partial charge is 0.250 e. The van der Waals surface area contributed by atoms with Crippen molar-refractivity contribution in [2.45, 2.75) is 25.4 Å². The monoisotopic (exact) mass is 396 g/mol. The molecule has 0 spiro atoms. The van der Waals surface area contributed by atoms with Gasteiger partial charge in [0.05, 0.1) is 12.7 Å². The van der Waals surface area contributed by atoms with Gasteiger partial charge in [0.25, 0.3) is 5.91 Å². The summed E-state index contributed by atoms with van der Waals surface area (Å²) >= 11 is 0. The van der Waals surface area contributed by atoms with Gasteiger partial charge >= 0.3 is 0 Å². The molecule has 4 rings (SSSR count). The number of nitrogens with zero attached hydrogens (tertiary/aromatic N) is 1. The lowest BCUT2D eigenvalue weighted by molar-refractivity contribution is -0.118. The summed E-state index contributed by atoms with van der Waals surface area (Å²) in [4.78, 5) is 14.9. The molecule has 1 amide bonds. The molecule has 0 aromatic heterocycles. The second kappa shape index (κ2) is 8.66. The van der Waals surface area contributed by atoms with Gasteiger partial charge in [-0.1, -0.05) is 24.3 Å². The molecule has 1 saturated heterocycles. The quantitative estimate of drug-likeness (QED) is 0.842. The van der Waals surface area contributed by atoms with Crippen LogP contribution in [0.1, 0.15) is 24.0 Å². The molecule has 0 aliphatic carbocycles. The van der Waals surface area contributed by atoms with Gasteiger partial charge in [-0.3, -0.25) is 9.69 Å². The predicted octanol–water partition coefficient (Wildman–Crippen LogP) is 3.39. The third-order valence-corrected chi connectivity index (χ3v) is 5.47. The molecule has 0 bridgehead atoms. The van der Waals surface area contributed by atoms with Gasteiger partial charge in [0.15, 0.2) is 11.6 Å². The van der Waals surface area contributed by atoms with E-state index >= 15 is 0 Å². The summed E-state index contributed by atoms with van der Waals surface area (Å²) in [6.45, 7) is 2.70. The normalized spacial score (nSPS) is 17.1. The molecule has 0 atom stereocenters. The number of benzene rings is 2. The Morgan fingerprint density at radius 3 is 2.79 bits per heavy atom. The van der Waals surface area contributed by atoms with Crippen LogP contribution < -0.4 is 14.8 Å². The van der Waals surface area contributed by atoms with E-state index in [1.165, 1.54) is 13.2 Å². The van der Waals surface area contributed by atoms with Crippen molar-refractivity contribution in [2.24, 2.45) is 0 Å². The largest absolute Gasteiger partial charge is 0.494 e. The van der Waals surface area contributed by atoms with E-state index in [9.17, 15) is 9.18 Å². The highest BCUT2D eigenvalue weighted by atomic mass is 19.1. The molecule has 0 unspecified atom stereocenters. The van der Waals surface area contributed by atoms with Crippen molar-refractivity contribution in [1.82, 2.24) is 10.2 Å². The second-order valence-corrected chi connectivity index (χ2v) is 7.49. The van der Waals surface area contributed by atoms with Gasteiger partial charge in [-0.2, -0.15) is 0 Å². The zero-order valence-corrected chi connectivity index (χ0v) is 16.5. The van der Waals surface area contributed by atoms with Gasteiger partial charge in [-0.25, -0.2) is 4.39 Å². The van der Waals surface area contributed by atoms with Crippen LogP contribution in [-0.2, 0) is 11.3 Å². The van der Waals surface area contributed by atoms with Crippen LogP contribution in [-0.4, -0.2) is 43.7 Å². The van der Waals surface area contributed by atoms with Crippen molar-refractivity contribution < 1.29 is 18.7 Å². The zero-order valence-electron chi connectivity index (χ0n) is 16.5. The van der Waals surface area contributed by atoms with Crippen molar-refractivity contribution in [3.05, 3.63) is 65.0 Å². The third-order valence-electron chi connectivity index (χ3n) is 5.47. The summed E-state index contributed by atoms with van der Waals surface area (Å²) < 4.78 is 24.5. The summed E-state index contributed by atoms with van der Waals surface area (Å²) in [6.07, 6.45) is 3.64. The lowest BCUT2D eigenvalue weighted by Crippen LogP contribution is -2.45. The van der Waals surface area contributed by atoms with Gasteiger partial charge in [0, 0.05) is 31.2 Å². The van der Waals surface area contributed by atoms with E-state index in [1.807, 2.05) is 36.4 Å². The first-order valence-corrected chi connectivity index (χ1v) is 9.90. The number of carbonyl (C=O) groups excluding carboxylic acids is 1. The fourth-order valence-electron chi connectivity index (χ4n) is 3.83. The maximum absolute atomic E-state index is 13.9. The molecule has 2 heterocycles. The van der Waals surface area contributed by atoms with E-state index in [0.29, 0.717) is 18.7 Å². The number of likely N-dealkylation sites (tertiary alicyclic amines) is 1. The number of fused-ring (bicyclic) bond motifs is 1. The van der Waals surface area contributed by atoms with Crippen molar-refractivity contribution in [2.75, 3.05) is 26.8 Å². The van der Waals surface area contributed by atoms with Crippen molar-refractivity contribution in [3.63, 3.8) is 0 Å². The van der Waals surface area contributed by atoms with E-state index in [2.05, 4.69) is 10.2 Å². The van der Waals surface area contributed by atoms with E-state index in [-0.39, 0.29) is 23.5 Å². The summed E-state index contributed by atoms with van der Waals surface area (Å²) in [5.41, 5.74) is 2.51. The molecular formula is C23H25FN2O3. The highest BCUT2D eigenvalue weighted by Gasteiger charge is 2.24. The maximum Gasteiger partial charge on any atom is 0.250 e. The Hall–Kier alpha value is -2.86. The molecule has 5 nitrogen and oxygen atoms in total. The summed E-state index contributed by atoms with van der Waals surface area (Å²) in [7, 11) is 1.46. The fourth-order valence-corrected chi connectivity index (χ4v) is 3.83. The average molecular weight is 396 g/mol. The molecule has 1 N–H and O–H groups in total. The highest BCUT2D eigenvalue weighted by molar-refractivity contribution is 5.99. The topological polar surface area (TPSA) is 50.8 Å². The maximum atomic E-state index is 13.9. The fraction of sp³-hybridized carbons (Fsp3) is 0.348. The lowest BCUT2D eigenvalue weighted by Gasteiger charge is -2.32. The summed E-state index contributed by atoms with van der Waals surface area (Å²) in [6, 6.07) is 12.9. The van der Waals surface area contributed by atoms with E-state index < -0.39 is 0 Å². The number of halogens is 1. The lowest BCUT2D eigenvalue weighted by atomic mass is 10.0. The molecule has 2 aromatic carbocycles. The van der Waals surface area contributed by atoms with E-state index in [1.54, 1.807) is 6.07 Å². The molecule has 1 fully saturated rings. The molecule has 2 aliphatic heterocycles. The number of piperidine rings is 1. The second-order valence-electron chi connectivity index (χ2n) is 7.49. The number of para-hydroxylation sites is 1. The molecule has 2 aliphatic rings. The molecule has 0 radical (unpaired) electrons. The molecule has 6 heteroatoms. The average Bonchev–Trinajstić information content (AvgIpc) is 2.75. The van der Waals surface area contributed by atoms with Crippen LogP contribution >= 0.6 is 0 Å². The van der Waals surface area contributed by atoms with Crippen LogP contribution in [0.25, 0.3) is 6.08 Å². The van der Waals surface area contributed by atoms with Crippen LogP contribution in [0, 0.1) is 5.82 Å². The summed E-state index contributed by atoms with van der Waals surface area (Å²) in [5.74, 6) is 0.679. The molecule has 2 aromatic rings. The Bertz CT molecular complexity index is 920. The van der Waals surface area contributed by atoms with Crippen LogP contribution in [0.15, 0.2) is 48.0 Å². The number of amides is 1. The summed E-state index contributed by atoms with van der Waals surface area (Å²) in [5, 5.41) is 3.14. The highest BCUT2D eigenvalue weighted by Crippen LogP contribution is 2.26. The first-order valence-electron chi connectivity index (χ1n) is 9.90. The molecule has 152 valence electrons. The number of methoxy groups -OCH3 is 1. The first-order chi connectivity index (χ1) is 14.1. The number of rotatable bonds is 5.